The molecule has 0 amide bonds. The van der Waals surface area contributed by atoms with Gasteiger partial charge >= 0.3 is 6.18 Å². The Hall–Kier alpha value is -0.650. The van der Waals surface area contributed by atoms with Crippen molar-refractivity contribution in [3.63, 3.8) is 0 Å². The Balaban J connectivity index is 3.21. The average molecular weight is 303 g/mol. The van der Waals surface area contributed by atoms with Crippen LogP contribution in [0.5, 0.6) is 5.75 Å². The monoisotopic (exact) mass is 302 g/mol. The molecule has 0 radical (unpaired) electrons. The van der Waals surface area contributed by atoms with Gasteiger partial charge in [0.1, 0.15) is 16.7 Å². The van der Waals surface area contributed by atoms with E-state index in [1.54, 1.807) is 6.92 Å². The van der Waals surface area contributed by atoms with Gasteiger partial charge in [-0.1, -0.05) is 6.07 Å². The molecule has 0 spiro atoms. The molecule has 1 aromatic rings. The molecule has 0 aliphatic rings. The summed E-state index contributed by atoms with van der Waals surface area (Å²) in [5, 5.41) is 9.54. The van der Waals surface area contributed by atoms with Crippen LogP contribution < -0.4 is 4.74 Å². The average Bonchev–Trinajstić information content (AvgIpc) is 2.27. The van der Waals surface area contributed by atoms with Crippen molar-refractivity contribution >= 4 is 23.2 Å². The van der Waals surface area contributed by atoms with Gasteiger partial charge in [-0.2, -0.15) is 13.2 Å². The van der Waals surface area contributed by atoms with E-state index in [4.69, 9.17) is 27.9 Å². The molecule has 7 heteroatoms. The SMILES string of the molecule is CCOc1ccc(C(O)C(Cl)Cl)cc1C(F)(F)F. The lowest BCUT2D eigenvalue weighted by Crippen LogP contribution is -2.12. The fourth-order valence-corrected chi connectivity index (χ4v) is 1.67. The van der Waals surface area contributed by atoms with Gasteiger partial charge in [0.2, 0.25) is 0 Å². The Morgan fingerprint density at radius 3 is 2.39 bits per heavy atom. The molecule has 0 aliphatic heterocycles. The number of hydrogen-bond donors (Lipinski definition) is 1. The van der Waals surface area contributed by atoms with Crippen molar-refractivity contribution < 1.29 is 23.0 Å². The summed E-state index contributed by atoms with van der Waals surface area (Å²) in [4.78, 5) is -1.20. The number of ether oxygens (including phenoxy) is 1. The van der Waals surface area contributed by atoms with E-state index in [2.05, 4.69) is 0 Å². The second-order valence-corrected chi connectivity index (χ2v) is 4.63. The van der Waals surface area contributed by atoms with Gasteiger partial charge in [-0.3, -0.25) is 0 Å². The van der Waals surface area contributed by atoms with Crippen LogP contribution in [0.1, 0.15) is 24.2 Å². The third kappa shape index (κ3) is 3.67. The van der Waals surface area contributed by atoms with E-state index in [0.717, 1.165) is 12.1 Å². The fourth-order valence-electron chi connectivity index (χ4n) is 1.38. The summed E-state index contributed by atoms with van der Waals surface area (Å²) in [5.74, 6) is -0.290. The van der Waals surface area contributed by atoms with Crippen LogP contribution in [0.2, 0.25) is 0 Å². The summed E-state index contributed by atoms with van der Waals surface area (Å²) in [5.41, 5.74) is -0.976. The summed E-state index contributed by atoms with van der Waals surface area (Å²) in [6.45, 7) is 1.69. The van der Waals surface area contributed by atoms with E-state index in [9.17, 15) is 18.3 Å². The highest BCUT2D eigenvalue weighted by atomic mass is 35.5. The van der Waals surface area contributed by atoms with Crippen LogP contribution in [0.4, 0.5) is 13.2 Å². The van der Waals surface area contributed by atoms with Crippen LogP contribution >= 0.6 is 23.2 Å². The molecular weight excluding hydrogens is 292 g/mol. The van der Waals surface area contributed by atoms with E-state index in [1.807, 2.05) is 0 Å². The Morgan fingerprint density at radius 2 is 1.94 bits per heavy atom. The summed E-state index contributed by atoms with van der Waals surface area (Å²) in [6, 6.07) is 3.22. The molecule has 18 heavy (non-hydrogen) atoms. The molecule has 2 nitrogen and oxygen atoms in total. The molecule has 1 aromatic carbocycles. The number of benzene rings is 1. The van der Waals surface area contributed by atoms with Crippen molar-refractivity contribution in [2.24, 2.45) is 0 Å². The number of halogens is 5. The second kappa shape index (κ2) is 5.99. The van der Waals surface area contributed by atoms with Crippen molar-refractivity contribution in [3.05, 3.63) is 29.3 Å². The zero-order valence-electron chi connectivity index (χ0n) is 9.34. The van der Waals surface area contributed by atoms with E-state index in [-0.39, 0.29) is 17.9 Å². The van der Waals surface area contributed by atoms with Crippen LogP contribution in [0.25, 0.3) is 0 Å². The van der Waals surface area contributed by atoms with E-state index in [1.165, 1.54) is 6.07 Å². The first-order chi connectivity index (χ1) is 8.27. The highest BCUT2D eigenvalue weighted by Gasteiger charge is 2.35. The molecule has 0 saturated heterocycles. The summed E-state index contributed by atoms with van der Waals surface area (Å²) >= 11 is 10.9. The van der Waals surface area contributed by atoms with E-state index >= 15 is 0 Å². The van der Waals surface area contributed by atoms with Crippen LogP contribution in [0.3, 0.4) is 0 Å². The first-order valence-corrected chi connectivity index (χ1v) is 5.94. The van der Waals surface area contributed by atoms with E-state index in [0.29, 0.717) is 0 Å². The van der Waals surface area contributed by atoms with Crippen LogP contribution in [0, 0.1) is 0 Å². The molecule has 1 rings (SSSR count). The van der Waals surface area contributed by atoms with Crippen molar-refractivity contribution in [1.82, 2.24) is 0 Å². The van der Waals surface area contributed by atoms with Crippen molar-refractivity contribution in [1.29, 1.82) is 0 Å². The van der Waals surface area contributed by atoms with Gasteiger partial charge in [-0.25, -0.2) is 0 Å². The lowest BCUT2D eigenvalue weighted by molar-refractivity contribution is -0.139. The number of aliphatic hydroxyl groups is 1. The molecular formula is C11H11Cl2F3O2. The van der Waals surface area contributed by atoms with Crippen molar-refractivity contribution in [2.45, 2.75) is 24.0 Å². The largest absolute Gasteiger partial charge is 0.493 e. The predicted molar refractivity (Wildman–Crippen MR) is 63.1 cm³/mol. The van der Waals surface area contributed by atoms with Gasteiger partial charge in [-0.05, 0) is 24.6 Å². The third-order valence-corrected chi connectivity index (χ3v) is 2.67. The molecule has 102 valence electrons. The maximum atomic E-state index is 12.8. The lowest BCUT2D eigenvalue weighted by Gasteiger charge is -2.17. The van der Waals surface area contributed by atoms with Crippen LogP contribution in [0.15, 0.2) is 18.2 Å². The minimum Gasteiger partial charge on any atom is -0.493 e. The molecule has 0 aliphatic carbocycles. The Kier molecular flexibility index (Phi) is 5.13. The Morgan fingerprint density at radius 1 is 1.33 bits per heavy atom. The standard InChI is InChI=1S/C11H11Cl2F3O2/c1-2-18-8-4-3-6(9(17)10(12)13)5-7(8)11(14,15)16/h3-5,9-10,17H,2H2,1H3. The molecule has 0 aromatic heterocycles. The smallest absolute Gasteiger partial charge is 0.419 e. The predicted octanol–water partition coefficient (Wildman–Crippen LogP) is 3.94. The number of hydrogen-bond acceptors (Lipinski definition) is 2. The highest BCUT2D eigenvalue weighted by molar-refractivity contribution is 6.44. The maximum Gasteiger partial charge on any atom is 0.419 e. The third-order valence-electron chi connectivity index (χ3n) is 2.19. The topological polar surface area (TPSA) is 29.5 Å². The van der Waals surface area contributed by atoms with Crippen molar-refractivity contribution in [3.8, 4) is 5.75 Å². The number of alkyl halides is 5. The number of rotatable bonds is 4. The normalized spacial score (nSPS) is 13.8. The lowest BCUT2D eigenvalue weighted by atomic mass is 10.1. The fraction of sp³-hybridized carbons (Fsp3) is 0.455. The van der Waals surface area contributed by atoms with E-state index < -0.39 is 22.7 Å². The molecule has 0 bridgehead atoms. The summed E-state index contributed by atoms with van der Waals surface area (Å²) in [6.07, 6.45) is -5.96. The first kappa shape index (κ1) is 15.4. The first-order valence-electron chi connectivity index (χ1n) is 5.07. The zero-order chi connectivity index (χ0) is 13.9. The Labute approximate surface area is 112 Å². The van der Waals surface area contributed by atoms with Gasteiger partial charge in [0.25, 0.3) is 0 Å². The summed E-state index contributed by atoms with van der Waals surface area (Å²) < 4.78 is 43.3. The second-order valence-electron chi connectivity index (χ2n) is 3.47. The van der Waals surface area contributed by atoms with Gasteiger partial charge in [-0.15, -0.1) is 23.2 Å². The zero-order valence-corrected chi connectivity index (χ0v) is 10.9. The quantitative estimate of drug-likeness (QED) is 0.854. The molecule has 0 heterocycles. The highest BCUT2D eigenvalue weighted by Crippen LogP contribution is 2.38. The van der Waals surface area contributed by atoms with Crippen molar-refractivity contribution in [2.75, 3.05) is 6.61 Å². The molecule has 0 fully saturated rings. The van der Waals surface area contributed by atoms with Crippen LogP contribution in [-0.4, -0.2) is 16.5 Å². The van der Waals surface area contributed by atoms with Crippen LogP contribution in [-0.2, 0) is 6.18 Å². The Bertz CT molecular complexity index is 408. The minimum atomic E-state index is -4.58. The minimum absolute atomic E-state index is 0.0132. The molecule has 1 atom stereocenters. The molecule has 1 unspecified atom stereocenters. The number of aliphatic hydroxyl groups excluding tert-OH is 1. The van der Waals surface area contributed by atoms with Gasteiger partial charge in [0, 0.05) is 0 Å². The summed E-state index contributed by atoms with van der Waals surface area (Å²) in [7, 11) is 0. The molecule has 0 saturated carbocycles. The van der Waals surface area contributed by atoms with Gasteiger partial charge in [0.15, 0.2) is 0 Å². The van der Waals surface area contributed by atoms with Gasteiger partial charge in [0.05, 0.1) is 12.2 Å². The molecule has 1 N–H and O–H groups in total. The van der Waals surface area contributed by atoms with Gasteiger partial charge < -0.3 is 9.84 Å². The maximum absolute atomic E-state index is 12.8.